The van der Waals surface area contributed by atoms with Gasteiger partial charge in [0, 0.05) is 18.1 Å². The molecule has 5 nitrogen and oxygen atoms in total. The number of aromatic hydroxyl groups is 1. The number of rotatable bonds is 4. The van der Waals surface area contributed by atoms with Crippen LogP contribution in [-0.2, 0) is 4.79 Å². The fourth-order valence-corrected chi connectivity index (χ4v) is 1.85. The number of carbonyl (C=O) groups is 2. The molecule has 2 N–H and O–H groups in total. The number of hydrogen-bond acceptors (Lipinski definition) is 3. The van der Waals surface area contributed by atoms with Crippen LogP contribution in [0.5, 0.6) is 5.75 Å². The minimum absolute atomic E-state index is 0.0404. The Labute approximate surface area is 116 Å². The van der Waals surface area contributed by atoms with Gasteiger partial charge < -0.3 is 15.3 Å². The van der Waals surface area contributed by atoms with Crippen LogP contribution >= 0.6 is 11.6 Å². The normalized spacial score (nSPS) is 14.0. The van der Waals surface area contributed by atoms with Crippen molar-refractivity contribution in [3.63, 3.8) is 0 Å². The van der Waals surface area contributed by atoms with Crippen molar-refractivity contribution in [2.24, 2.45) is 0 Å². The highest BCUT2D eigenvalue weighted by atomic mass is 35.5. The maximum absolute atomic E-state index is 12.1. The van der Waals surface area contributed by atoms with Gasteiger partial charge in [-0.05, 0) is 31.0 Å². The maximum Gasteiger partial charge on any atom is 0.257 e. The molecule has 0 radical (unpaired) electrons. The van der Waals surface area contributed by atoms with E-state index in [-0.39, 0.29) is 29.8 Å². The smallest absolute Gasteiger partial charge is 0.257 e. The monoisotopic (exact) mass is 282 g/mol. The van der Waals surface area contributed by atoms with Gasteiger partial charge in [-0.2, -0.15) is 0 Å². The van der Waals surface area contributed by atoms with Crippen LogP contribution < -0.4 is 5.32 Å². The van der Waals surface area contributed by atoms with Gasteiger partial charge in [0.2, 0.25) is 5.91 Å². The summed E-state index contributed by atoms with van der Waals surface area (Å²) in [5, 5.41) is 12.8. The first-order chi connectivity index (χ1) is 8.97. The Morgan fingerprint density at radius 1 is 1.47 bits per heavy atom. The van der Waals surface area contributed by atoms with E-state index in [0.717, 1.165) is 12.8 Å². The van der Waals surface area contributed by atoms with Crippen LogP contribution in [0.2, 0.25) is 5.02 Å². The standard InChI is InChI=1S/C13H15ClN2O3/c1-16(7-12(18)15-9-3-4-9)13(19)10-6-8(14)2-5-11(10)17/h2,5-6,9,17H,3-4,7H2,1H3,(H,15,18). The first-order valence-corrected chi connectivity index (χ1v) is 6.38. The van der Waals surface area contributed by atoms with Crippen LogP contribution in [0.25, 0.3) is 0 Å². The van der Waals surface area contributed by atoms with Crippen LogP contribution in [0.4, 0.5) is 0 Å². The summed E-state index contributed by atoms with van der Waals surface area (Å²) < 4.78 is 0. The molecule has 1 aromatic rings. The lowest BCUT2D eigenvalue weighted by atomic mass is 10.2. The lowest BCUT2D eigenvalue weighted by Gasteiger charge is -2.17. The lowest BCUT2D eigenvalue weighted by Crippen LogP contribution is -2.39. The number of amides is 2. The van der Waals surface area contributed by atoms with Gasteiger partial charge in [-0.1, -0.05) is 11.6 Å². The molecule has 1 aliphatic carbocycles. The predicted octanol–water partition coefficient (Wildman–Crippen LogP) is 1.40. The molecule has 19 heavy (non-hydrogen) atoms. The summed E-state index contributed by atoms with van der Waals surface area (Å²) in [7, 11) is 1.51. The van der Waals surface area contributed by atoms with E-state index >= 15 is 0 Å². The van der Waals surface area contributed by atoms with Crippen molar-refractivity contribution >= 4 is 23.4 Å². The first-order valence-electron chi connectivity index (χ1n) is 6.00. The Morgan fingerprint density at radius 2 is 2.16 bits per heavy atom. The molecular weight excluding hydrogens is 268 g/mol. The molecule has 1 fully saturated rings. The van der Waals surface area contributed by atoms with Gasteiger partial charge in [0.05, 0.1) is 12.1 Å². The van der Waals surface area contributed by atoms with Gasteiger partial charge in [0.15, 0.2) is 0 Å². The van der Waals surface area contributed by atoms with Gasteiger partial charge in [-0.25, -0.2) is 0 Å². The first kappa shape index (κ1) is 13.7. The second-order valence-electron chi connectivity index (χ2n) is 4.66. The molecule has 0 atom stereocenters. The third-order valence-corrected chi connectivity index (χ3v) is 3.09. The molecule has 6 heteroatoms. The van der Waals surface area contributed by atoms with Crippen molar-refractivity contribution in [3.8, 4) is 5.75 Å². The zero-order valence-corrected chi connectivity index (χ0v) is 11.3. The van der Waals surface area contributed by atoms with Crippen molar-refractivity contribution in [2.75, 3.05) is 13.6 Å². The third-order valence-electron chi connectivity index (χ3n) is 2.86. The zero-order chi connectivity index (χ0) is 14.0. The van der Waals surface area contributed by atoms with Crippen LogP contribution in [0.15, 0.2) is 18.2 Å². The number of benzene rings is 1. The Kier molecular flexibility index (Phi) is 3.95. The van der Waals surface area contributed by atoms with Gasteiger partial charge in [-0.15, -0.1) is 0 Å². The largest absolute Gasteiger partial charge is 0.507 e. The lowest BCUT2D eigenvalue weighted by molar-refractivity contribution is -0.121. The maximum atomic E-state index is 12.1. The van der Waals surface area contributed by atoms with Crippen LogP contribution in [0.3, 0.4) is 0 Å². The molecule has 2 amide bonds. The average Bonchev–Trinajstić information content (AvgIpc) is 3.15. The molecule has 0 bridgehead atoms. The fourth-order valence-electron chi connectivity index (χ4n) is 1.67. The Morgan fingerprint density at radius 3 is 2.79 bits per heavy atom. The summed E-state index contributed by atoms with van der Waals surface area (Å²) in [5.41, 5.74) is 0.0919. The van der Waals surface area contributed by atoms with Crippen molar-refractivity contribution < 1.29 is 14.7 Å². The van der Waals surface area contributed by atoms with Gasteiger partial charge >= 0.3 is 0 Å². The third kappa shape index (κ3) is 3.61. The molecule has 1 aliphatic rings. The number of likely N-dealkylation sites (N-methyl/N-ethyl adjacent to an activating group) is 1. The van der Waals surface area contributed by atoms with E-state index in [1.165, 1.54) is 30.1 Å². The van der Waals surface area contributed by atoms with Gasteiger partial charge in [0.1, 0.15) is 5.75 Å². The molecule has 2 rings (SSSR count). The minimum Gasteiger partial charge on any atom is -0.507 e. The summed E-state index contributed by atoms with van der Waals surface area (Å²) in [6.45, 7) is -0.0404. The summed E-state index contributed by atoms with van der Waals surface area (Å²) in [5.74, 6) is -0.783. The SMILES string of the molecule is CN(CC(=O)NC1CC1)C(=O)c1cc(Cl)ccc1O. The molecular formula is C13H15ClN2O3. The van der Waals surface area contributed by atoms with E-state index in [1.54, 1.807) is 0 Å². The highest BCUT2D eigenvalue weighted by molar-refractivity contribution is 6.31. The number of nitrogens with one attached hydrogen (secondary N) is 1. The summed E-state index contributed by atoms with van der Waals surface area (Å²) in [6.07, 6.45) is 2.00. The van der Waals surface area contributed by atoms with E-state index in [2.05, 4.69) is 5.32 Å². The highest BCUT2D eigenvalue weighted by Crippen LogP contribution is 2.22. The van der Waals surface area contributed by atoms with Crippen molar-refractivity contribution in [1.29, 1.82) is 0 Å². The minimum atomic E-state index is -0.439. The predicted molar refractivity (Wildman–Crippen MR) is 71.2 cm³/mol. The number of phenolic OH excluding ortho intramolecular Hbond substituents is 1. The summed E-state index contributed by atoms with van der Waals surface area (Å²) in [4.78, 5) is 24.9. The Bertz CT molecular complexity index is 515. The molecule has 0 spiro atoms. The van der Waals surface area contributed by atoms with Crippen LogP contribution in [0.1, 0.15) is 23.2 Å². The van der Waals surface area contributed by atoms with E-state index in [4.69, 9.17) is 11.6 Å². The van der Waals surface area contributed by atoms with Crippen LogP contribution in [0, 0.1) is 0 Å². The quantitative estimate of drug-likeness (QED) is 0.877. The number of carbonyl (C=O) groups excluding carboxylic acids is 2. The molecule has 0 aromatic heterocycles. The average molecular weight is 283 g/mol. The summed E-state index contributed by atoms with van der Waals surface area (Å²) in [6, 6.07) is 4.49. The van der Waals surface area contributed by atoms with E-state index in [0.29, 0.717) is 5.02 Å². The second kappa shape index (κ2) is 5.48. The molecule has 102 valence electrons. The van der Waals surface area contributed by atoms with Crippen molar-refractivity contribution in [3.05, 3.63) is 28.8 Å². The number of phenols is 1. The fraction of sp³-hybridized carbons (Fsp3) is 0.385. The van der Waals surface area contributed by atoms with E-state index < -0.39 is 5.91 Å². The molecule has 0 saturated heterocycles. The second-order valence-corrected chi connectivity index (χ2v) is 5.10. The van der Waals surface area contributed by atoms with E-state index in [9.17, 15) is 14.7 Å². The number of nitrogens with zero attached hydrogens (tertiary/aromatic N) is 1. The van der Waals surface area contributed by atoms with Crippen molar-refractivity contribution in [1.82, 2.24) is 10.2 Å². The zero-order valence-electron chi connectivity index (χ0n) is 10.5. The topological polar surface area (TPSA) is 69.6 Å². The Hall–Kier alpha value is -1.75. The van der Waals surface area contributed by atoms with Crippen molar-refractivity contribution in [2.45, 2.75) is 18.9 Å². The number of hydrogen-bond donors (Lipinski definition) is 2. The van der Waals surface area contributed by atoms with Gasteiger partial charge in [-0.3, -0.25) is 9.59 Å². The molecule has 1 aromatic carbocycles. The Balaban J connectivity index is 2.01. The molecule has 0 heterocycles. The molecule has 0 aliphatic heterocycles. The van der Waals surface area contributed by atoms with Gasteiger partial charge in [0.25, 0.3) is 5.91 Å². The van der Waals surface area contributed by atoms with Crippen LogP contribution in [-0.4, -0.2) is 41.5 Å². The molecule has 0 unspecified atom stereocenters. The summed E-state index contributed by atoms with van der Waals surface area (Å²) >= 11 is 5.79. The number of halogens is 1. The molecule has 1 saturated carbocycles. The highest BCUT2D eigenvalue weighted by Gasteiger charge is 2.25. The van der Waals surface area contributed by atoms with E-state index in [1.807, 2.05) is 0 Å².